The van der Waals surface area contributed by atoms with Crippen LogP contribution in [0.4, 0.5) is 4.39 Å². The molecular formula is C11H13FNO4S. The minimum Gasteiger partial charge on any atom is -0.480 e. The Labute approximate surface area is 105 Å². The molecule has 0 bridgehead atoms. The number of hydrogen-bond acceptors (Lipinski definition) is 3. The van der Waals surface area contributed by atoms with Gasteiger partial charge in [-0.05, 0) is 30.2 Å². The van der Waals surface area contributed by atoms with Crippen molar-refractivity contribution in [1.29, 1.82) is 0 Å². The van der Waals surface area contributed by atoms with Crippen LogP contribution in [0.15, 0.2) is 29.2 Å². The fraction of sp³-hybridized carbons (Fsp3) is 0.273. The van der Waals surface area contributed by atoms with Gasteiger partial charge in [0.15, 0.2) is 6.04 Å². The summed E-state index contributed by atoms with van der Waals surface area (Å²) in [5.74, 6) is -2.39. The van der Waals surface area contributed by atoms with Crippen LogP contribution in [-0.2, 0) is 14.8 Å². The van der Waals surface area contributed by atoms with Crippen molar-refractivity contribution in [3.05, 3.63) is 36.1 Å². The maximum absolute atomic E-state index is 12.7. The molecule has 0 saturated heterocycles. The third-order valence-corrected chi connectivity index (χ3v) is 3.56. The Balaban J connectivity index is 3.01. The van der Waals surface area contributed by atoms with Crippen molar-refractivity contribution in [1.82, 2.24) is 4.72 Å². The molecule has 0 aliphatic rings. The number of carboxylic acids is 1. The fourth-order valence-electron chi connectivity index (χ4n) is 1.23. The molecule has 0 saturated carbocycles. The normalized spacial score (nSPS) is 12.1. The van der Waals surface area contributed by atoms with E-state index in [0.717, 1.165) is 24.3 Å². The lowest BCUT2D eigenvalue weighted by atomic mass is 10.1. The largest absolute Gasteiger partial charge is 0.480 e. The van der Waals surface area contributed by atoms with Gasteiger partial charge in [0.05, 0.1) is 4.90 Å². The van der Waals surface area contributed by atoms with E-state index < -0.39 is 27.7 Å². The van der Waals surface area contributed by atoms with Gasteiger partial charge in [-0.3, -0.25) is 4.79 Å². The average molecular weight is 274 g/mol. The maximum atomic E-state index is 12.7. The Hall–Kier alpha value is -1.47. The van der Waals surface area contributed by atoms with Gasteiger partial charge in [0, 0.05) is 0 Å². The lowest BCUT2D eigenvalue weighted by Gasteiger charge is -2.16. The highest BCUT2D eigenvalue weighted by atomic mass is 32.2. The molecule has 99 valence electrons. The highest BCUT2D eigenvalue weighted by Gasteiger charge is 2.29. The fourth-order valence-corrected chi connectivity index (χ4v) is 2.45. The zero-order valence-electron chi connectivity index (χ0n) is 9.84. The molecule has 0 spiro atoms. The highest BCUT2D eigenvalue weighted by molar-refractivity contribution is 7.89. The second-order valence-electron chi connectivity index (χ2n) is 3.93. The van der Waals surface area contributed by atoms with Gasteiger partial charge in [-0.25, -0.2) is 12.8 Å². The highest BCUT2D eigenvalue weighted by Crippen LogP contribution is 2.16. The van der Waals surface area contributed by atoms with Crippen LogP contribution in [0.2, 0.25) is 0 Å². The Kier molecular flexibility index (Phi) is 4.42. The Bertz CT molecular complexity index is 524. The molecule has 1 aromatic carbocycles. The van der Waals surface area contributed by atoms with E-state index in [1.165, 1.54) is 0 Å². The SMILES string of the molecule is CC(C)[C](NS(=O)(=O)c1ccc(F)cc1)C(=O)O. The average Bonchev–Trinajstić information content (AvgIpc) is 2.26. The zero-order chi connectivity index (χ0) is 13.9. The van der Waals surface area contributed by atoms with Gasteiger partial charge in [-0.2, -0.15) is 4.72 Å². The van der Waals surface area contributed by atoms with E-state index >= 15 is 0 Å². The molecule has 0 heterocycles. The topological polar surface area (TPSA) is 83.5 Å². The molecule has 18 heavy (non-hydrogen) atoms. The summed E-state index contributed by atoms with van der Waals surface area (Å²) in [5, 5.41) is 8.87. The number of benzene rings is 1. The number of rotatable bonds is 5. The van der Waals surface area contributed by atoms with Gasteiger partial charge in [-0.1, -0.05) is 13.8 Å². The quantitative estimate of drug-likeness (QED) is 0.849. The van der Waals surface area contributed by atoms with Crippen LogP contribution in [0.25, 0.3) is 0 Å². The summed E-state index contributed by atoms with van der Waals surface area (Å²) in [5.41, 5.74) is 0. The molecule has 5 nitrogen and oxygen atoms in total. The van der Waals surface area contributed by atoms with Crippen LogP contribution in [0.3, 0.4) is 0 Å². The summed E-state index contributed by atoms with van der Waals surface area (Å²) >= 11 is 0. The lowest BCUT2D eigenvalue weighted by Crippen LogP contribution is -2.37. The monoisotopic (exact) mass is 274 g/mol. The Morgan fingerprint density at radius 3 is 2.17 bits per heavy atom. The third kappa shape index (κ3) is 3.51. The number of halogens is 1. The first kappa shape index (κ1) is 14.6. The van der Waals surface area contributed by atoms with Gasteiger partial charge in [-0.15, -0.1) is 0 Å². The van der Waals surface area contributed by atoms with Gasteiger partial charge < -0.3 is 5.11 Å². The first-order chi connectivity index (χ1) is 8.24. The van der Waals surface area contributed by atoms with Gasteiger partial charge in [0.25, 0.3) is 0 Å². The number of sulfonamides is 1. The zero-order valence-corrected chi connectivity index (χ0v) is 10.7. The molecule has 2 N–H and O–H groups in total. The molecule has 7 heteroatoms. The van der Waals surface area contributed by atoms with E-state index in [0.29, 0.717) is 0 Å². The molecule has 0 aliphatic heterocycles. The van der Waals surface area contributed by atoms with E-state index in [9.17, 15) is 17.6 Å². The van der Waals surface area contributed by atoms with Crippen molar-refractivity contribution >= 4 is 16.0 Å². The van der Waals surface area contributed by atoms with Crippen LogP contribution in [0, 0.1) is 17.8 Å². The lowest BCUT2D eigenvalue weighted by molar-refractivity contribution is -0.136. The van der Waals surface area contributed by atoms with Crippen molar-refractivity contribution in [3.8, 4) is 0 Å². The molecular weight excluding hydrogens is 261 g/mol. The second-order valence-corrected chi connectivity index (χ2v) is 5.62. The van der Waals surface area contributed by atoms with Gasteiger partial charge in [0.2, 0.25) is 10.0 Å². The summed E-state index contributed by atoms with van der Waals surface area (Å²) < 4.78 is 38.4. The van der Waals surface area contributed by atoms with Gasteiger partial charge >= 0.3 is 5.97 Å². The molecule has 0 unspecified atom stereocenters. The van der Waals surface area contributed by atoms with Crippen molar-refractivity contribution in [2.75, 3.05) is 0 Å². The summed E-state index contributed by atoms with van der Waals surface area (Å²) in [6, 6.07) is 3.78. The predicted octanol–water partition coefficient (Wildman–Crippen LogP) is 1.38. The van der Waals surface area contributed by atoms with E-state index in [2.05, 4.69) is 0 Å². The molecule has 0 atom stereocenters. The van der Waals surface area contributed by atoms with Crippen LogP contribution >= 0.6 is 0 Å². The molecule has 1 radical (unpaired) electrons. The number of nitrogens with one attached hydrogen (secondary N) is 1. The number of aliphatic carboxylic acids is 1. The van der Waals surface area contributed by atoms with Crippen LogP contribution < -0.4 is 4.72 Å². The van der Waals surface area contributed by atoms with Crippen molar-refractivity contribution in [3.63, 3.8) is 0 Å². The molecule has 1 aromatic rings. The summed E-state index contributed by atoms with van der Waals surface area (Å²) in [6.45, 7) is 3.10. The van der Waals surface area contributed by atoms with Crippen molar-refractivity contribution in [2.24, 2.45) is 5.92 Å². The van der Waals surface area contributed by atoms with Crippen molar-refractivity contribution in [2.45, 2.75) is 18.7 Å². The van der Waals surface area contributed by atoms with Crippen LogP contribution in [-0.4, -0.2) is 19.5 Å². The molecule has 0 fully saturated rings. The molecule has 0 amide bonds. The first-order valence-corrected chi connectivity index (χ1v) is 6.61. The minimum absolute atomic E-state index is 0.191. The molecule has 0 aliphatic carbocycles. The van der Waals surface area contributed by atoms with Gasteiger partial charge in [0.1, 0.15) is 5.82 Å². The third-order valence-electron chi connectivity index (χ3n) is 2.18. The number of carboxylic acid groups (broad SMARTS) is 1. The summed E-state index contributed by atoms with van der Waals surface area (Å²) in [6.07, 6.45) is 0. The van der Waals surface area contributed by atoms with E-state index in [4.69, 9.17) is 5.11 Å². The van der Waals surface area contributed by atoms with Crippen LogP contribution in [0.5, 0.6) is 0 Å². The standard InChI is InChI=1S/C11H13FNO4S/c1-7(2)10(11(14)15)13-18(16,17)9-5-3-8(12)4-6-9/h3-7,13H,1-2H3,(H,14,15). The molecule has 0 aromatic heterocycles. The van der Waals surface area contributed by atoms with E-state index in [1.807, 2.05) is 4.72 Å². The van der Waals surface area contributed by atoms with E-state index in [-0.39, 0.29) is 10.9 Å². The first-order valence-electron chi connectivity index (χ1n) is 5.12. The van der Waals surface area contributed by atoms with E-state index in [1.54, 1.807) is 13.8 Å². The summed E-state index contributed by atoms with van der Waals surface area (Å²) in [7, 11) is -4.00. The maximum Gasteiger partial charge on any atom is 0.327 e. The smallest absolute Gasteiger partial charge is 0.327 e. The summed E-state index contributed by atoms with van der Waals surface area (Å²) in [4.78, 5) is 10.7. The Morgan fingerprint density at radius 1 is 1.28 bits per heavy atom. The predicted molar refractivity (Wildman–Crippen MR) is 62.4 cm³/mol. The molecule has 1 rings (SSSR count). The second kappa shape index (κ2) is 5.45. The van der Waals surface area contributed by atoms with Crippen molar-refractivity contribution < 1.29 is 22.7 Å². The van der Waals surface area contributed by atoms with Crippen LogP contribution in [0.1, 0.15) is 13.8 Å². The number of hydrogen-bond donors (Lipinski definition) is 2. The number of carbonyl (C=O) groups is 1. The minimum atomic E-state index is -4.00. The Morgan fingerprint density at radius 2 is 1.78 bits per heavy atom.